The molecule has 0 saturated heterocycles. The summed E-state index contributed by atoms with van der Waals surface area (Å²) in [6.07, 6.45) is 2.25. The van der Waals surface area contributed by atoms with E-state index < -0.39 is 0 Å². The molecule has 4 aromatic carbocycles. The Bertz CT molecular complexity index is 1040. The van der Waals surface area contributed by atoms with Crippen molar-refractivity contribution in [2.45, 2.75) is 0 Å². The van der Waals surface area contributed by atoms with Gasteiger partial charge in [-0.25, -0.2) is 0 Å². The van der Waals surface area contributed by atoms with Crippen molar-refractivity contribution < 1.29 is 4.74 Å². The van der Waals surface area contributed by atoms with Gasteiger partial charge in [-0.2, -0.15) is 0 Å². The van der Waals surface area contributed by atoms with Gasteiger partial charge in [0.15, 0.2) is 0 Å². The van der Waals surface area contributed by atoms with Gasteiger partial charge >= 0.3 is 0 Å². The third-order valence-electron chi connectivity index (χ3n) is 4.81. The van der Waals surface area contributed by atoms with E-state index in [1.165, 1.54) is 33.4 Å². The lowest BCUT2D eigenvalue weighted by molar-refractivity contribution is 0.415. The van der Waals surface area contributed by atoms with Crippen molar-refractivity contribution in [1.29, 1.82) is 0 Å². The first-order valence-electron chi connectivity index (χ1n) is 9.40. The first-order chi connectivity index (χ1) is 13.8. The predicted molar refractivity (Wildman–Crippen MR) is 118 cm³/mol. The highest BCUT2D eigenvalue weighted by Crippen LogP contribution is 2.29. The molecule has 0 unspecified atom stereocenters. The number of methoxy groups -OCH3 is 1. The van der Waals surface area contributed by atoms with E-state index in [1.807, 2.05) is 18.2 Å². The zero-order chi connectivity index (χ0) is 19.2. The van der Waals surface area contributed by atoms with Gasteiger partial charge in [0, 0.05) is 0 Å². The van der Waals surface area contributed by atoms with Gasteiger partial charge in [0.1, 0.15) is 5.75 Å². The molecule has 0 heterocycles. The van der Waals surface area contributed by atoms with Gasteiger partial charge in [-0.15, -0.1) is 0 Å². The van der Waals surface area contributed by atoms with Crippen molar-refractivity contribution in [2.24, 2.45) is 0 Å². The minimum absolute atomic E-state index is 0.873. The van der Waals surface area contributed by atoms with Crippen LogP contribution in [0, 0.1) is 0 Å². The number of rotatable bonds is 5. The number of hydrogen-bond acceptors (Lipinski definition) is 1. The van der Waals surface area contributed by atoms with Gasteiger partial charge in [0.05, 0.1) is 7.11 Å². The monoisotopic (exact) mass is 362 g/mol. The van der Waals surface area contributed by atoms with Crippen LogP contribution in [-0.2, 0) is 0 Å². The highest BCUT2D eigenvalue weighted by Gasteiger charge is 2.06. The molecule has 0 N–H and O–H groups in total. The molecule has 0 radical (unpaired) electrons. The van der Waals surface area contributed by atoms with Crippen LogP contribution in [0.25, 0.3) is 22.8 Å². The summed E-state index contributed by atoms with van der Waals surface area (Å²) in [5.74, 6) is 0.873. The lowest BCUT2D eigenvalue weighted by Crippen LogP contribution is -1.89. The molecule has 28 heavy (non-hydrogen) atoms. The number of benzene rings is 4. The fourth-order valence-electron chi connectivity index (χ4n) is 3.29. The van der Waals surface area contributed by atoms with E-state index in [2.05, 4.69) is 97.1 Å². The van der Waals surface area contributed by atoms with Crippen molar-refractivity contribution in [1.82, 2.24) is 0 Å². The topological polar surface area (TPSA) is 9.23 Å². The second-order valence-electron chi connectivity index (χ2n) is 6.64. The fraction of sp³-hybridized carbons (Fsp3) is 0.0370. The highest BCUT2D eigenvalue weighted by molar-refractivity contribution is 5.91. The van der Waals surface area contributed by atoms with Gasteiger partial charge in [0.2, 0.25) is 0 Å². The number of ether oxygens (including phenoxy) is 1. The molecule has 1 heteroatoms. The van der Waals surface area contributed by atoms with E-state index in [1.54, 1.807) is 7.11 Å². The van der Waals surface area contributed by atoms with Gasteiger partial charge < -0.3 is 4.74 Å². The zero-order valence-corrected chi connectivity index (χ0v) is 15.9. The van der Waals surface area contributed by atoms with E-state index in [-0.39, 0.29) is 0 Å². The van der Waals surface area contributed by atoms with E-state index in [9.17, 15) is 0 Å². The normalized spacial score (nSPS) is 11.2. The maximum Gasteiger partial charge on any atom is 0.118 e. The Kier molecular flexibility index (Phi) is 5.35. The average molecular weight is 362 g/mol. The van der Waals surface area contributed by atoms with Crippen molar-refractivity contribution in [3.05, 3.63) is 126 Å². The summed E-state index contributed by atoms with van der Waals surface area (Å²) in [5.41, 5.74) is 7.20. The van der Waals surface area contributed by atoms with Crippen molar-refractivity contribution in [3.8, 4) is 16.9 Å². The molecular weight excluding hydrogens is 340 g/mol. The van der Waals surface area contributed by atoms with Crippen molar-refractivity contribution >= 4 is 11.6 Å². The standard InChI is InChI=1S/C27H22O/c1-28-26-18-16-23(17-19-26)22-12-14-25(15-13-22)27(24-10-6-3-7-11-24)20-21-8-4-2-5-9-21/h2-20H,1H3/b27-20+. The van der Waals surface area contributed by atoms with Gasteiger partial charge in [-0.05, 0) is 51.6 Å². The summed E-state index contributed by atoms with van der Waals surface area (Å²) in [6.45, 7) is 0. The molecule has 0 aliphatic heterocycles. The quantitative estimate of drug-likeness (QED) is 0.349. The maximum absolute atomic E-state index is 5.25. The van der Waals surface area contributed by atoms with Crippen LogP contribution in [0.1, 0.15) is 16.7 Å². The van der Waals surface area contributed by atoms with E-state index in [4.69, 9.17) is 4.74 Å². The van der Waals surface area contributed by atoms with Gasteiger partial charge in [-0.3, -0.25) is 0 Å². The summed E-state index contributed by atoms with van der Waals surface area (Å²) < 4.78 is 5.25. The van der Waals surface area contributed by atoms with E-state index in [0.717, 1.165) is 5.75 Å². The van der Waals surface area contributed by atoms with Crippen LogP contribution in [-0.4, -0.2) is 7.11 Å². The SMILES string of the molecule is COc1ccc(-c2ccc(/C(=C/c3ccccc3)c3ccccc3)cc2)cc1. The lowest BCUT2D eigenvalue weighted by atomic mass is 9.94. The van der Waals surface area contributed by atoms with Crippen molar-refractivity contribution in [2.75, 3.05) is 7.11 Å². The molecule has 0 aliphatic rings. The molecule has 0 aliphatic carbocycles. The summed E-state index contributed by atoms with van der Waals surface area (Å²) in [4.78, 5) is 0. The van der Waals surface area contributed by atoms with Crippen LogP contribution in [0.3, 0.4) is 0 Å². The fourth-order valence-corrected chi connectivity index (χ4v) is 3.29. The maximum atomic E-state index is 5.25. The largest absolute Gasteiger partial charge is 0.497 e. The molecule has 4 aromatic rings. The third-order valence-corrected chi connectivity index (χ3v) is 4.81. The molecule has 0 bridgehead atoms. The molecule has 0 spiro atoms. The molecule has 0 fully saturated rings. The summed E-state index contributed by atoms with van der Waals surface area (Å²) in [7, 11) is 1.69. The van der Waals surface area contributed by atoms with Crippen LogP contribution >= 0.6 is 0 Å². The summed E-state index contributed by atoms with van der Waals surface area (Å²) in [5, 5.41) is 0. The predicted octanol–water partition coefficient (Wildman–Crippen LogP) is 6.95. The smallest absolute Gasteiger partial charge is 0.118 e. The van der Waals surface area contributed by atoms with Crippen LogP contribution < -0.4 is 4.74 Å². The number of hydrogen-bond donors (Lipinski definition) is 0. The summed E-state index contributed by atoms with van der Waals surface area (Å²) >= 11 is 0. The molecule has 4 rings (SSSR count). The van der Waals surface area contributed by atoms with E-state index in [0.29, 0.717) is 0 Å². The second kappa shape index (κ2) is 8.41. The molecule has 1 nitrogen and oxygen atoms in total. The van der Waals surface area contributed by atoms with E-state index >= 15 is 0 Å². The molecule has 0 amide bonds. The Morgan fingerprint density at radius 1 is 0.571 bits per heavy atom. The Hall–Kier alpha value is -3.58. The third kappa shape index (κ3) is 4.05. The molecule has 0 aromatic heterocycles. The minimum atomic E-state index is 0.873. The Balaban J connectivity index is 1.71. The van der Waals surface area contributed by atoms with Gasteiger partial charge in [0.25, 0.3) is 0 Å². The average Bonchev–Trinajstić information content (AvgIpc) is 2.79. The molecule has 0 saturated carbocycles. The Labute approximate surface area is 166 Å². The van der Waals surface area contributed by atoms with Crippen LogP contribution in [0.15, 0.2) is 109 Å². The first-order valence-corrected chi connectivity index (χ1v) is 9.40. The summed E-state index contributed by atoms with van der Waals surface area (Å²) in [6, 6.07) is 37.9. The van der Waals surface area contributed by atoms with Crippen LogP contribution in [0.2, 0.25) is 0 Å². The minimum Gasteiger partial charge on any atom is -0.497 e. The van der Waals surface area contributed by atoms with Crippen molar-refractivity contribution in [3.63, 3.8) is 0 Å². The Morgan fingerprint density at radius 3 is 1.64 bits per heavy atom. The zero-order valence-electron chi connectivity index (χ0n) is 15.9. The molecule has 136 valence electrons. The lowest BCUT2D eigenvalue weighted by Gasteiger charge is -2.11. The first kappa shape index (κ1) is 17.8. The Morgan fingerprint density at radius 2 is 1.07 bits per heavy atom. The highest BCUT2D eigenvalue weighted by atomic mass is 16.5. The van der Waals surface area contributed by atoms with Crippen LogP contribution in [0.4, 0.5) is 0 Å². The molecular formula is C27H22O. The van der Waals surface area contributed by atoms with Crippen LogP contribution in [0.5, 0.6) is 5.75 Å². The second-order valence-corrected chi connectivity index (χ2v) is 6.64. The molecule has 0 atom stereocenters. The van der Waals surface area contributed by atoms with Gasteiger partial charge in [-0.1, -0.05) is 97.1 Å².